The lowest BCUT2D eigenvalue weighted by atomic mass is 10.0. The Bertz CT molecular complexity index is 1640. The minimum Gasteiger partial charge on any atom is -0.451 e. The van der Waals surface area contributed by atoms with E-state index in [1.54, 1.807) is 36.4 Å². The van der Waals surface area contributed by atoms with E-state index in [0.717, 1.165) is 24.3 Å². The fraction of sp³-hybridized carbons (Fsp3) is 0.0667. The quantitative estimate of drug-likeness (QED) is 0.216. The van der Waals surface area contributed by atoms with Crippen LogP contribution in [0.1, 0.15) is 11.1 Å². The van der Waals surface area contributed by atoms with Gasteiger partial charge in [0.25, 0.3) is 0 Å². The van der Waals surface area contributed by atoms with Crippen LogP contribution in [0.4, 0.5) is 26.3 Å². The Kier molecular flexibility index (Phi) is 5.38. The van der Waals surface area contributed by atoms with Crippen LogP contribution in [0.5, 0.6) is 0 Å². The predicted molar refractivity (Wildman–Crippen MR) is 132 cm³/mol. The number of furan rings is 2. The number of hydrogen-bond acceptors (Lipinski definition) is 2. The molecule has 2 nitrogen and oxygen atoms in total. The Balaban J connectivity index is 1.53. The molecule has 2 heterocycles. The molecule has 0 N–H and O–H groups in total. The number of hydrogen-bond donors (Lipinski definition) is 0. The maximum absolute atomic E-state index is 13.1. The summed E-state index contributed by atoms with van der Waals surface area (Å²) in [6.07, 6.45) is -8.92. The largest absolute Gasteiger partial charge is 0.451 e. The van der Waals surface area contributed by atoms with Crippen molar-refractivity contribution in [3.05, 3.63) is 108 Å². The van der Waals surface area contributed by atoms with Crippen LogP contribution in [-0.2, 0) is 12.4 Å². The summed E-state index contributed by atoms with van der Waals surface area (Å²) in [7, 11) is 0. The zero-order valence-electron chi connectivity index (χ0n) is 19.3. The number of benzene rings is 4. The highest BCUT2D eigenvalue weighted by Crippen LogP contribution is 2.45. The van der Waals surface area contributed by atoms with Crippen LogP contribution in [-0.4, -0.2) is 0 Å². The molecule has 0 radical (unpaired) electrons. The molecule has 8 heteroatoms. The zero-order valence-corrected chi connectivity index (χ0v) is 19.3. The molecule has 38 heavy (non-hydrogen) atoms. The van der Waals surface area contributed by atoms with Gasteiger partial charge < -0.3 is 8.83 Å². The average Bonchev–Trinajstić information content (AvgIpc) is 3.47. The van der Waals surface area contributed by atoms with E-state index in [-0.39, 0.29) is 0 Å². The Labute approximate surface area is 211 Å². The van der Waals surface area contributed by atoms with Gasteiger partial charge in [0.1, 0.15) is 11.5 Å². The lowest BCUT2D eigenvalue weighted by molar-refractivity contribution is -0.138. The Morgan fingerprint density at radius 3 is 0.947 bits per heavy atom. The minimum absolute atomic E-state index is 0.366. The minimum atomic E-state index is -4.46. The molecule has 0 aliphatic rings. The zero-order chi connectivity index (χ0) is 26.7. The van der Waals surface area contributed by atoms with Gasteiger partial charge in [-0.15, -0.1) is 0 Å². The normalized spacial score (nSPS) is 12.5. The number of rotatable bonds is 3. The van der Waals surface area contributed by atoms with Gasteiger partial charge in [-0.2, -0.15) is 26.3 Å². The second-order valence-electron chi connectivity index (χ2n) is 8.76. The molecule has 0 fully saturated rings. The van der Waals surface area contributed by atoms with E-state index < -0.39 is 23.5 Å². The summed E-state index contributed by atoms with van der Waals surface area (Å²) >= 11 is 0. The molecule has 4 aromatic carbocycles. The highest BCUT2D eigenvalue weighted by atomic mass is 19.4. The first-order chi connectivity index (χ1) is 18.1. The van der Waals surface area contributed by atoms with Gasteiger partial charge in [0.15, 0.2) is 11.5 Å². The Hall–Kier alpha value is -4.46. The summed E-state index contributed by atoms with van der Waals surface area (Å²) < 4.78 is 91.0. The molecule has 0 aliphatic heterocycles. The van der Waals surface area contributed by atoms with Crippen molar-refractivity contribution in [1.29, 1.82) is 0 Å². The predicted octanol–water partition coefficient (Wildman–Crippen LogP) is 10.2. The van der Waals surface area contributed by atoms with Crippen LogP contribution >= 0.6 is 0 Å². The highest BCUT2D eigenvalue weighted by molar-refractivity contribution is 6.09. The average molecular weight is 522 g/mol. The first-order valence-corrected chi connectivity index (χ1v) is 11.5. The van der Waals surface area contributed by atoms with Crippen molar-refractivity contribution >= 4 is 21.5 Å². The molecule has 0 amide bonds. The van der Waals surface area contributed by atoms with Crippen molar-refractivity contribution in [3.8, 4) is 34.2 Å². The summed E-state index contributed by atoms with van der Waals surface area (Å²) in [6.45, 7) is 0. The van der Waals surface area contributed by atoms with Crippen LogP contribution in [0.2, 0.25) is 0 Å². The molecule has 0 aliphatic carbocycles. The summed E-state index contributed by atoms with van der Waals surface area (Å²) in [6, 6.07) is 23.8. The third-order valence-electron chi connectivity index (χ3n) is 6.40. The van der Waals surface area contributed by atoms with Crippen molar-refractivity contribution in [3.63, 3.8) is 0 Å². The first-order valence-electron chi connectivity index (χ1n) is 11.5. The standard InChI is InChI=1S/C30H16F6O2/c31-29(32,33)19-13-9-17(10-14-19)25-21-5-1-3-7-23(21)27(37-25)28-24-8-4-2-6-22(24)26(38-28)18-11-15-20(16-12-18)30(34,35)36/h1-16H. The Morgan fingerprint density at radius 1 is 0.368 bits per heavy atom. The molecule has 6 rings (SSSR count). The number of alkyl halides is 6. The summed E-state index contributed by atoms with van der Waals surface area (Å²) in [5, 5.41) is 2.72. The van der Waals surface area contributed by atoms with Gasteiger partial charge in [0, 0.05) is 32.7 Å². The maximum Gasteiger partial charge on any atom is 0.416 e. The van der Waals surface area contributed by atoms with Gasteiger partial charge in [-0.25, -0.2) is 0 Å². The lowest BCUT2D eigenvalue weighted by Gasteiger charge is -2.07. The monoisotopic (exact) mass is 522 g/mol. The van der Waals surface area contributed by atoms with Gasteiger partial charge in [0.2, 0.25) is 0 Å². The van der Waals surface area contributed by atoms with Gasteiger partial charge in [0.05, 0.1) is 11.1 Å². The third-order valence-corrected chi connectivity index (χ3v) is 6.40. The molecule has 0 bridgehead atoms. The summed E-state index contributed by atoms with van der Waals surface area (Å²) in [5.41, 5.74) is -0.621. The fourth-order valence-corrected chi connectivity index (χ4v) is 4.57. The van der Waals surface area contributed by atoms with Crippen molar-refractivity contribution in [1.82, 2.24) is 0 Å². The van der Waals surface area contributed by atoms with E-state index in [4.69, 9.17) is 8.83 Å². The van der Waals surface area contributed by atoms with Crippen LogP contribution in [0, 0.1) is 0 Å². The molecular weight excluding hydrogens is 506 g/mol. The third kappa shape index (κ3) is 4.02. The van der Waals surface area contributed by atoms with Gasteiger partial charge in [-0.05, 0) is 24.3 Å². The highest BCUT2D eigenvalue weighted by Gasteiger charge is 2.31. The first kappa shape index (κ1) is 23.9. The van der Waals surface area contributed by atoms with Gasteiger partial charge >= 0.3 is 12.4 Å². The van der Waals surface area contributed by atoms with Crippen molar-refractivity contribution in [2.24, 2.45) is 0 Å². The van der Waals surface area contributed by atoms with Crippen molar-refractivity contribution < 1.29 is 35.2 Å². The van der Waals surface area contributed by atoms with Crippen molar-refractivity contribution in [2.45, 2.75) is 12.4 Å². The SMILES string of the molecule is FC(F)(F)c1ccc(-c2oc(-c3oc(-c4ccc(C(F)(F)F)cc4)c4ccccc34)c3ccccc23)cc1. The van der Waals surface area contributed by atoms with Crippen LogP contribution in [0.15, 0.2) is 106 Å². The molecular formula is C30H16F6O2. The summed E-state index contributed by atoms with van der Waals surface area (Å²) in [5.74, 6) is 1.48. The lowest BCUT2D eigenvalue weighted by Crippen LogP contribution is -2.03. The van der Waals surface area contributed by atoms with E-state index in [1.165, 1.54) is 24.3 Å². The van der Waals surface area contributed by atoms with Gasteiger partial charge in [-0.1, -0.05) is 72.8 Å². The molecule has 0 unspecified atom stereocenters. The Morgan fingerprint density at radius 2 is 0.658 bits per heavy atom. The number of fused-ring (bicyclic) bond motifs is 2. The molecule has 2 aromatic heterocycles. The van der Waals surface area contributed by atoms with E-state index in [2.05, 4.69) is 0 Å². The molecule has 0 saturated heterocycles. The van der Waals surface area contributed by atoms with Gasteiger partial charge in [-0.3, -0.25) is 0 Å². The molecule has 0 saturated carbocycles. The van der Waals surface area contributed by atoms with Crippen molar-refractivity contribution in [2.75, 3.05) is 0 Å². The van der Waals surface area contributed by atoms with E-state index in [9.17, 15) is 26.3 Å². The smallest absolute Gasteiger partial charge is 0.416 e. The van der Waals surface area contributed by atoms with Crippen LogP contribution in [0.25, 0.3) is 55.7 Å². The molecule has 6 aromatic rings. The van der Waals surface area contributed by atoms with Crippen LogP contribution < -0.4 is 0 Å². The van der Waals surface area contributed by atoms with E-state index in [0.29, 0.717) is 55.7 Å². The van der Waals surface area contributed by atoms with E-state index in [1.807, 2.05) is 12.1 Å². The maximum atomic E-state index is 13.1. The molecule has 0 atom stereocenters. The molecule has 0 spiro atoms. The fourth-order valence-electron chi connectivity index (χ4n) is 4.57. The second-order valence-corrected chi connectivity index (χ2v) is 8.76. The summed E-state index contributed by atoms with van der Waals surface area (Å²) in [4.78, 5) is 0. The van der Waals surface area contributed by atoms with Crippen LogP contribution in [0.3, 0.4) is 0 Å². The van der Waals surface area contributed by atoms with E-state index >= 15 is 0 Å². The molecule has 190 valence electrons. The number of halogens is 6. The topological polar surface area (TPSA) is 26.3 Å². The second kappa shape index (κ2) is 8.55.